The summed E-state index contributed by atoms with van der Waals surface area (Å²) in [6, 6.07) is 7.33. The van der Waals surface area contributed by atoms with Crippen molar-refractivity contribution in [1.82, 2.24) is 10.2 Å². The van der Waals surface area contributed by atoms with Crippen LogP contribution in [0.2, 0.25) is 0 Å². The van der Waals surface area contributed by atoms with Crippen molar-refractivity contribution >= 4 is 9.84 Å². The lowest BCUT2D eigenvalue weighted by atomic mass is 10.1. The second-order valence-corrected chi connectivity index (χ2v) is 7.73. The van der Waals surface area contributed by atoms with Crippen LogP contribution in [0.1, 0.15) is 30.9 Å². The van der Waals surface area contributed by atoms with Gasteiger partial charge >= 0.3 is 0 Å². The van der Waals surface area contributed by atoms with Crippen LogP contribution in [-0.2, 0) is 9.84 Å². The van der Waals surface area contributed by atoms with E-state index in [4.69, 9.17) is 0 Å². The van der Waals surface area contributed by atoms with Crippen LogP contribution in [0.3, 0.4) is 0 Å². The average Bonchev–Trinajstić information content (AvgIpc) is 3.03. The van der Waals surface area contributed by atoms with Crippen LogP contribution in [0.15, 0.2) is 29.2 Å². The Bertz CT molecular complexity index is 565. The van der Waals surface area contributed by atoms with E-state index in [9.17, 15) is 8.42 Å². The molecule has 0 saturated carbocycles. The zero-order valence-electron chi connectivity index (χ0n) is 11.7. The zero-order valence-corrected chi connectivity index (χ0v) is 12.5. The van der Waals surface area contributed by atoms with Crippen molar-refractivity contribution in [2.24, 2.45) is 0 Å². The molecule has 1 aromatic rings. The molecule has 20 heavy (non-hydrogen) atoms. The normalized spacial score (nSPS) is 24.9. The van der Waals surface area contributed by atoms with Crippen molar-refractivity contribution in [3.8, 4) is 0 Å². The lowest BCUT2D eigenvalue weighted by molar-refractivity contribution is 0.328. The molecule has 3 rings (SSSR count). The van der Waals surface area contributed by atoms with Crippen LogP contribution < -0.4 is 5.32 Å². The molecule has 0 aliphatic carbocycles. The molecule has 2 aliphatic rings. The molecule has 1 unspecified atom stereocenters. The molecule has 0 bridgehead atoms. The number of hydrogen-bond acceptors (Lipinski definition) is 4. The smallest absolute Gasteiger partial charge is 0.180 e. The molecule has 1 saturated heterocycles. The highest BCUT2D eigenvalue weighted by molar-refractivity contribution is 7.91. The summed E-state index contributed by atoms with van der Waals surface area (Å²) >= 11 is 0. The molecular formula is C15H22N2O2S. The SMILES string of the molecule is O=S1(=O)CC(NCCCN2CCCC2)c2ccccc21. The molecule has 0 aromatic heterocycles. The largest absolute Gasteiger partial charge is 0.309 e. The molecule has 110 valence electrons. The Morgan fingerprint density at radius 1 is 1.20 bits per heavy atom. The number of sulfone groups is 1. The number of nitrogens with zero attached hydrogens (tertiary/aromatic N) is 1. The van der Waals surface area contributed by atoms with Gasteiger partial charge in [0.05, 0.1) is 10.6 Å². The molecule has 1 atom stereocenters. The van der Waals surface area contributed by atoms with Gasteiger partial charge in [0.2, 0.25) is 0 Å². The molecule has 5 heteroatoms. The monoisotopic (exact) mass is 294 g/mol. The van der Waals surface area contributed by atoms with Crippen molar-refractivity contribution in [3.63, 3.8) is 0 Å². The van der Waals surface area contributed by atoms with Gasteiger partial charge in [-0.25, -0.2) is 8.42 Å². The summed E-state index contributed by atoms with van der Waals surface area (Å²) in [5.74, 6) is 0.204. The Balaban J connectivity index is 1.54. The van der Waals surface area contributed by atoms with Gasteiger partial charge in [0.1, 0.15) is 0 Å². The van der Waals surface area contributed by atoms with Gasteiger partial charge in [-0.2, -0.15) is 0 Å². The van der Waals surface area contributed by atoms with E-state index in [1.54, 1.807) is 12.1 Å². The highest BCUT2D eigenvalue weighted by Gasteiger charge is 2.33. The Kier molecular flexibility index (Phi) is 4.10. The minimum Gasteiger partial charge on any atom is -0.309 e. The van der Waals surface area contributed by atoms with Crippen molar-refractivity contribution in [2.45, 2.75) is 30.2 Å². The van der Waals surface area contributed by atoms with Crippen LogP contribution in [-0.4, -0.2) is 45.2 Å². The lowest BCUT2D eigenvalue weighted by Gasteiger charge is -2.16. The second-order valence-electron chi connectivity index (χ2n) is 5.73. The third-order valence-electron chi connectivity index (χ3n) is 4.26. The van der Waals surface area contributed by atoms with E-state index in [0.29, 0.717) is 4.90 Å². The number of rotatable bonds is 5. The van der Waals surface area contributed by atoms with Gasteiger partial charge in [0.25, 0.3) is 0 Å². The van der Waals surface area contributed by atoms with Crippen LogP contribution in [0.4, 0.5) is 0 Å². The maximum absolute atomic E-state index is 12.1. The number of benzene rings is 1. The first-order valence-electron chi connectivity index (χ1n) is 7.44. The molecule has 1 fully saturated rings. The fraction of sp³-hybridized carbons (Fsp3) is 0.600. The van der Waals surface area contributed by atoms with Crippen molar-refractivity contribution in [2.75, 3.05) is 31.9 Å². The van der Waals surface area contributed by atoms with Crippen LogP contribution in [0.5, 0.6) is 0 Å². The molecule has 2 aliphatic heterocycles. The minimum atomic E-state index is -3.08. The molecular weight excluding hydrogens is 272 g/mol. The summed E-state index contributed by atoms with van der Waals surface area (Å²) in [5.41, 5.74) is 0.939. The first-order chi connectivity index (χ1) is 9.67. The Hall–Kier alpha value is -0.910. The second kappa shape index (κ2) is 5.84. The van der Waals surface area contributed by atoms with E-state index >= 15 is 0 Å². The third kappa shape index (κ3) is 2.90. The van der Waals surface area contributed by atoms with Crippen molar-refractivity contribution in [3.05, 3.63) is 29.8 Å². The van der Waals surface area contributed by atoms with Gasteiger partial charge in [-0.15, -0.1) is 0 Å². The van der Waals surface area contributed by atoms with Gasteiger partial charge in [0, 0.05) is 6.04 Å². The quantitative estimate of drug-likeness (QED) is 0.838. The highest BCUT2D eigenvalue weighted by atomic mass is 32.2. The molecule has 0 radical (unpaired) electrons. The van der Waals surface area contributed by atoms with E-state index < -0.39 is 9.84 Å². The maximum atomic E-state index is 12.1. The first kappa shape index (κ1) is 14.0. The number of likely N-dealkylation sites (tertiary alicyclic amines) is 1. The Morgan fingerprint density at radius 2 is 1.95 bits per heavy atom. The molecule has 0 amide bonds. The van der Waals surface area contributed by atoms with Crippen molar-refractivity contribution < 1.29 is 8.42 Å². The van der Waals surface area contributed by atoms with Crippen LogP contribution >= 0.6 is 0 Å². The predicted octanol–water partition coefficient (Wildman–Crippen LogP) is 1.59. The highest BCUT2D eigenvalue weighted by Crippen LogP contribution is 2.32. The van der Waals surface area contributed by atoms with Gasteiger partial charge in [-0.1, -0.05) is 18.2 Å². The summed E-state index contributed by atoms with van der Waals surface area (Å²) in [5, 5.41) is 3.41. The van der Waals surface area contributed by atoms with Gasteiger partial charge in [0.15, 0.2) is 9.84 Å². The Labute approximate surface area is 121 Å². The van der Waals surface area contributed by atoms with E-state index in [2.05, 4.69) is 10.2 Å². The van der Waals surface area contributed by atoms with E-state index in [-0.39, 0.29) is 11.8 Å². The summed E-state index contributed by atoms with van der Waals surface area (Å²) in [7, 11) is -3.08. The standard InChI is InChI=1S/C15H22N2O2S/c18-20(19)12-14(13-6-1-2-7-15(13)20)16-8-5-11-17-9-3-4-10-17/h1-2,6-7,14,16H,3-5,8-12H2. The summed E-state index contributed by atoms with van der Waals surface area (Å²) in [6.45, 7) is 4.44. The lowest BCUT2D eigenvalue weighted by Crippen LogP contribution is -2.28. The predicted molar refractivity (Wildman–Crippen MR) is 79.5 cm³/mol. The maximum Gasteiger partial charge on any atom is 0.180 e. The van der Waals surface area contributed by atoms with Crippen LogP contribution in [0, 0.1) is 0 Å². The van der Waals surface area contributed by atoms with Gasteiger partial charge < -0.3 is 10.2 Å². The molecule has 1 aromatic carbocycles. The van der Waals surface area contributed by atoms with E-state index in [1.807, 2.05) is 12.1 Å². The topological polar surface area (TPSA) is 49.4 Å². The first-order valence-corrected chi connectivity index (χ1v) is 9.09. The number of hydrogen-bond donors (Lipinski definition) is 1. The van der Waals surface area contributed by atoms with E-state index in [0.717, 1.165) is 25.1 Å². The molecule has 4 nitrogen and oxygen atoms in total. The molecule has 0 spiro atoms. The fourth-order valence-electron chi connectivity index (χ4n) is 3.20. The summed E-state index contributed by atoms with van der Waals surface area (Å²) in [6.07, 6.45) is 3.72. The molecule has 1 N–H and O–H groups in total. The summed E-state index contributed by atoms with van der Waals surface area (Å²) < 4.78 is 24.1. The zero-order chi connectivity index (χ0) is 14.0. The molecule has 2 heterocycles. The minimum absolute atomic E-state index is 0.0326. The fourth-order valence-corrected chi connectivity index (χ4v) is 4.98. The summed E-state index contributed by atoms with van der Waals surface area (Å²) in [4.78, 5) is 3.00. The van der Waals surface area contributed by atoms with Crippen molar-refractivity contribution in [1.29, 1.82) is 0 Å². The van der Waals surface area contributed by atoms with Gasteiger partial charge in [-0.05, 0) is 57.1 Å². The van der Waals surface area contributed by atoms with Gasteiger partial charge in [-0.3, -0.25) is 0 Å². The van der Waals surface area contributed by atoms with E-state index in [1.165, 1.54) is 25.9 Å². The number of fused-ring (bicyclic) bond motifs is 1. The number of nitrogens with one attached hydrogen (secondary N) is 1. The van der Waals surface area contributed by atoms with Crippen LogP contribution in [0.25, 0.3) is 0 Å². The third-order valence-corrected chi connectivity index (χ3v) is 6.07. The average molecular weight is 294 g/mol. The Morgan fingerprint density at radius 3 is 2.75 bits per heavy atom.